The SMILES string of the molecule is Brc1ccc(-c2ccc(-c3cccc(-c4ccccc4)c3)o2)cc1. The Kier molecular flexibility index (Phi) is 4.06. The molecule has 1 heterocycles. The molecule has 0 spiro atoms. The van der Waals surface area contributed by atoms with Crippen molar-refractivity contribution in [3.63, 3.8) is 0 Å². The highest BCUT2D eigenvalue weighted by molar-refractivity contribution is 9.10. The van der Waals surface area contributed by atoms with Gasteiger partial charge in [0, 0.05) is 15.6 Å². The second kappa shape index (κ2) is 6.50. The molecular formula is C22H15BrO. The summed E-state index contributed by atoms with van der Waals surface area (Å²) >= 11 is 3.46. The van der Waals surface area contributed by atoms with Crippen LogP contribution in [0.2, 0.25) is 0 Å². The van der Waals surface area contributed by atoms with Gasteiger partial charge in [0.1, 0.15) is 11.5 Å². The third-order valence-electron chi connectivity index (χ3n) is 3.99. The van der Waals surface area contributed by atoms with Crippen LogP contribution in [0, 0.1) is 0 Å². The highest BCUT2D eigenvalue weighted by atomic mass is 79.9. The maximum atomic E-state index is 6.07. The zero-order valence-corrected chi connectivity index (χ0v) is 14.5. The van der Waals surface area contributed by atoms with Crippen LogP contribution < -0.4 is 0 Å². The van der Waals surface area contributed by atoms with Gasteiger partial charge in [-0.25, -0.2) is 0 Å². The fourth-order valence-electron chi connectivity index (χ4n) is 2.74. The molecule has 24 heavy (non-hydrogen) atoms. The van der Waals surface area contributed by atoms with Gasteiger partial charge in [0.15, 0.2) is 0 Å². The molecule has 0 unspecified atom stereocenters. The molecule has 4 rings (SSSR count). The molecule has 0 aliphatic heterocycles. The molecular weight excluding hydrogens is 360 g/mol. The van der Waals surface area contributed by atoms with Crippen LogP contribution in [-0.4, -0.2) is 0 Å². The first-order chi connectivity index (χ1) is 11.8. The Labute approximate surface area is 149 Å². The van der Waals surface area contributed by atoms with E-state index in [2.05, 4.69) is 64.5 Å². The molecule has 0 aliphatic rings. The van der Waals surface area contributed by atoms with Gasteiger partial charge < -0.3 is 4.42 Å². The van der Waals surface area contributed by atoms with Crippen LogP contribution in [0.3, 0.4) is 0 Å². The summed E-state index contributed by atoms with van der Waals surface area (Å²) in [5.41, 5.74) is 4.55. The molecule has 1 nitrogen and oxygen atoms in total. The fourth-order valence-corrected chi connectivity index (χ4v) is 3.01. The summed E-state index contributed by atoms with van der Waals surface area (Å²) in [6.07, 6.45) is 0. The van der Waals surface area contributed by atoms with E-state index in [-0.39, 0.29) is 0 Å². The predicted molar refractivity (Wildman–Crippen MR) is 103 cm³/mol. The first-order valence-corrected chi connectivity index (χ1v) is 8.60. The van der Waals surface area contributed by atoms with Gasteiger partial charge in [-0.05, 0) is 41.5 Å². The van der Waals surface area contributed by atoms with Crippen molar-refractivity contribution in [3.8, 4) is 33.8 Å². The lowest BCUT2D eigenvalue weighted by Crippen LogP contribution is -1.79. The van der Waals surface area contributed by atoms with Crippen LogP contribution in [0.4, 0.5) is 0 Å². The Morgan fingerprint density at radius 1 is 0.500 bits per heavy atom. The Morgan fingerprint density at radius 2 is 1.12 bits per heavy atom. The number of hydrogen-bond acceptors (Lipinski definition) is 1. The highest BCUT2D eigenvalue weighted by Crippen LogP contribution is 2.31. The topological polar surface area (TPSA) is 13.1 Å². The minimum Gasteiger partial charge on any atom is -0.456 e. The van der Waals surface area contributed by atoms with Crippen molar-refractivity contribution in [2.45, 2.75) is 0 Å². The number of furan rings is 1. The van der Waals surface area contributed by atoms with Crippen molar-refractivity contribution in [1.29, 1.82) is 0 Å². The van der Waals surface area contributed by atoms with E-state index in [1.165, 1.54) is 11.1 Å². The monoisotopic (exact) mass is 374 g/mol. The standard InChI is InChI=1S/C22H15BrO/c23-20-11-9-17(10-12-20)21-13-14-22(24-21)19-8-4-7-18(15-19)16-5-2-1-3-6-16/h1-15H. The molecule has 0 bridgehead atoms. The van der Waals surface area contributed by atoms with E-state index in [4.69, 9.17) is 4.42 Å². The van der Waals surface area contributed by atoms with E-state index in [1.807, 2.05) is 42.5 Å². The third kappa shape index (κ3) is 3.06. The largest absolute Gasteiger partial charge is 0.456 e. The normalized spacial score (nSPS) is 10.7. The number of halogens is 1. The lowest BCUT2D eigenvalue weighted by atomic mass is 10.0. The van der Waals surface area contributed by atoms with Crippen molar-refractivity contribution in [2.75, 3.05) is 0 Å². The zero-order valence-electron chi connectivity index (χ0n) is 12.9. The number of hydrogen-bond donors (Lipinski definition) is 0. The van der Waals surface area contributed by atoms with Crippen LogP contribution in [-0.2, 0) is 0 Å². The van der Waals surface area contributed by atoms with E-state index >= 15 is 0 Å². The number of rotatable bonds is 3. The van der Waals surface area contributed by atoms with Crippen LogP contribution in [0.1, 0.15) is 0 Å². The molecule has 0 amide bonds. The van der Waals surface area contributed by atoms with Gasteiger partial charge in [0.25, 0.3) is 0 Å². The van der Waals surface area contributed by atoms with Crippen molar-refractivity contribution in [3.05, 3.63) is 95.5 Å². The molecule has 0 atom stereocenters. The molecule has 4 aromatic rings. The van der Waals surface area contributed by atoms with Crippen molar-refractivity contribution >= 4 is 15.9 Å². The maximum Gasteiger partial charge on any atom is 0.134 e. The second-order valence-corrected chi connectivity index (χ2v) is 6.53. The van der Waals surface area contributed by atoms with E-state index in [0.717, 1.165) is 27.1 Å². The van der Waals surface area contributed by atoms with E-state index < -0.39 is 0 Å². The van der Waals surface area contributed by atoms with Crippen LogP contribution in [0.15, 0.2) is 99.9 Å². The molecule has 3 aromatic carbocycles. The highest BCUT2D eigenvalue weighted by Gasteiger charge is 2.08. The van der Waals surface area contributed by atoms with Gasteiger partial charge in [-0.15, -0.1) is 0 Å². The van der Waals surface area contributed by atoms with E-state index in [1.54, 1.807) is 0 Å². The van der Waals surface area contributed by atoms with E-state index in [9.17, 15) is 0 Å². The first-order valence-electron chi connectivity index (χ1n) is 7.81. The van der Waals surface area contributed by atoms with Crippen molar-refractivity contribution in [1.82, 2.24) is 0 Å². The van der Waals surface area contributed by atoms with Gasteiger partial charge in [-0.3, -0.25) is 0 Å². The third-order valence-corrected chi connectivity index (χ3v) is 4.52. The lowest BCUT2D eigenvalue weighted by molar-refractivity contribution is 0.597. The van der Waals surface area contributed by atoms with Crippen molar-refractivity contribution in [2.24, 2.45) is 0 Å². The molecule has 2 heteroatoms. The van der Waals surface area contributed by atoms with Crippen LogP contribution in [0.25, 0.3) is 33.8 Å². The first kappa shape index (κ1) is 15.0. The Hall–Kier alpha value is -2.58. The minimum atomic E-state index is 0.877. The van der Waals surface area contributed by atoms with E-state index in [0.29, 0.717) is 0 Å². The zero-order chi connectivity index (χ0) is 16.4. The van der Waals surface area contributed by atoms with Gasteiger partial charge in [-0.2, -0.15) is 0 Å². The quantitative estimate of drug-likeness (QED) is 0.374. The predicted octanol–water partition coefficient (Wildman–Crippen LogP) is 7.04. The van der Waals surface area contributed by atoms with Gasteiger partial charge >= 0.3 is 0 Å². The van der Waals surface area contributed by atoms with Crippen LogP contribution >= 0.6 is 15.9 Å². The second-order valence-electron chi connectivity index (χ2n) is 5.62. The average Bonchev–Trinajstić information content (AvgIpc) is 3.13. The molecule has 1 aromatic heterocycles. The van der Waals surface area contributed by atoms with Crippen molar-refractivity contribution < 1.29 is 4.42 Å². The number of benzene rings is 3. The minimum absolute atomic E-state index is 0.877. The molecule has 0 saturated heterocycles. The summed E-state index contributed by atoms with van der Waals surface area (Å²) < 4.78 is 7.13. The molecule has 0 fully saturated rings. The Bertz CT molecular complexity index is 953. The fraction of sp³-hybridized carbons (Fsp3) is 0. The van der Waals surface area contributed by atoms with Crippen LogP contribution in [0.5, 0.6) is 0 Å². The Balaban J connectivity index is 1.69. The average molecular weight is 375 g/mol. The molecule has 0 N–H and O–H groups in total. The summed E-state index contributed by atoms with van der Waals surface area (Å²) in [7, 11) is 0. The molecule has 0 saturated carbocycles. The lowest BCUT2D eigenvalue weighted by Gasteiger charge is -2.04. The molecule has 116 valence electrons. The van der Waals surface area contributed by atoms with Gasteiger partial charge in [0.05, 0.1) is 0 Å². The molecule has 0 aliphatic carbocycles. The molecule has 0 radical (unpaired) electrons. The Morgan fingerprint density at radius 3 is 1.88 bits per heavy atom. The summed E-state index contributed by atoms with van der Waals surface area (Å²) in [5.74, 6) is 1.76. The summed E-state index contributed by atoms with van der Waals surface area (Å²) in [4.78, 5) is 0. The summed E-state index contributed by atoms with van der Waals surface area (Å²) in [5, 5.41) is 0. The van der Waals surface area contributed by atoms with Gasteiger partial charge in [-0.1, -0.05) is 76.6 Å². The summed E-state index contributed by atoms with van der Waals surface area (Å²) in [6.45, 7) is 0. The maximum absolute atomic E-state index is 6.07. The van der Waals surface area contributed by atoms with Gasteiger partial charge in [0.2, 0.25) is 0 Å². The summed E-state index contributed by atoms with van der Waals surface area (Å²) in [6, 6.07) is 31.0. The smallest absolute Gasteiger partial charge is 0.134 e.